The molecule has 26 heavy (non-hydrogen) atoms. The Bertz CT molecular complexity index is 919. The number of carbonyl (C=O) groups is 1. The number of benzene rings is 2. The number of fused-ring (bicyclic) bond motifs is 1. The van der Waals surface area contributed by atoms with Crippen LogP contribution in [0.4, 0.5) is 0 Å². The molecule has 4 heteroatoms. The van der Waals surface area contributed by atoms with Crippen LogP contribution in [0.3, 0.4) is 0 Å². The summed E-state index contributed by atoms with van der Waals surface area (Å²) >= 11 is 0. The Kier molecular flexibility index (Phi) is 5.33. The molecule has 1 heterocycles. The highest BCUT2D eigenvalue weighted by Crippen LogP contribution is 2.21. The third-order valence-electron chi connectivity index (χ3n) is 4.60. The molecule has 0 fully saturated rings. The third-order valence-corrected chi connectivity index (χ3v) is 4.60. The zero-order chi connectivity index (χ0) is 18.7. The molecule has 1 N–H and O–H groups in total. The molecule has 1 aromatic heterocycles. The van der Waals surface area contributed by atoms with Gasteiger partial charge in [0.25, 0.3) is 5.91 Å². The number of rotatable bonds is 5. The minimum absolute atomic E-state index is 0.0612. The van der Waals surface area contributed by atoms with E-state index in [9.17, 15) is 4.79 Å². The lowest BCUT2D eigenvalue weighted by Gasteiger charge is -2.25. The van der Waals surface area contributed by atoms with Crippen molar-refractivity contribution >= 4 is 16.8 Å². The van der Waals surface area contributed by atoms with Gasteiger partial charge in [-0.15, -0.1) is 0 Å². The van der Waals surface area contributed by atoms with Crippen LogP contribution < -0.4 is 5.32 Å². The average molecular weight is 347 g/mol. The number of likely N-dealkylation sites (N-methyl/N-ethyl adjacent to an activating group) is 1. The summed E-state index contributed by atoms with van der Waals surface area (Å²) in [5.41, 5.74) is 4.69. The molecule has 3 rings (SSSR count). The summed E-state index contributed by atoms with van der Waals surface area (Å²) in [6, 6.07) is 18.2. The first-order valence-electron chi connectivity index (χ1n) is 8.83. The predicted octanol–water partition coefficient (Wildman–Crippen LogP) is 3.88. The number of hydrogen-bond donors (Lipinski definition) is 1. The fourth-order valence-corrected chi connectivity index (χ4v) is 3.22. The average Bonchev–Trinajstić information content (AvgIpc) is 2.62. The molecular weight excluding hydrogens is 322 g/mol. The molecule has 0 bridgehead atoms. The molecule has 0 saturated heterocycles. The molecule has 0 saturated carbocycles. The van der Waals surface area contributed by atoms with Crippen molar-refractivity contribution in [1.82, 2.24) is 15.2 Å². The Labute approximate surface area is 154 Å². The van der Waals surface area contributed by atoms with Crippen LogP contribution in [-0.4, -0.2) is 36.4 Å². The lowest BCUT2D eigenvalue weighted by Crippen LogP contribution is -2.34. The summed E-state index contributed by atoms with van der Waals surface area (Å²) < 4.78 is 0. The zero-order valence-electron chi connectivity index (χ0n) is 15.8. The SMILES string of the molecule is Cc1ccc2nc(C)cc(C(=O)NCC(c3ccccc3)N(C)C)c2c1. The van der Waals surface area contributed by atoms with Crippen molar-refractivity contribution in [3.05, 3.63) is 77.0 Å². The van der Waals surface area contributed by atoms with Crippen LogP contribution in [-0.2, 0) is 0 Å². The lowest BCUT2D eigenvalue weighted by atomic mass is 10.0. The smallest absolute Gasteiger partial charge is 0.252 e. The molecule has 0 radical (unpaired) electrons. The Hall–Kier alpha value is -2.72. The first-order valence-corrected chi connectivity index (χ1v) is 8.83. The molecule has 0 aliphatic heterocycles. The van der Waals surface area contributed by atoms with Gasteiger partial charge in [-0.1, -0.05) is 42.0 Å². The first-order chi connectivity index (χ1) is 12.5. The molecule has 0 spiro atoms. The molecule has 1 unspecified atom stereocenters. The van der Waals surface area contributed by atoms with E-state index in [0.29, 0.717) is 12.1 Å². The molecule has 0 aliphatic rings. The summed E-state index contributed by atoms with van der Waals surface area (Å²) in [6.07, 6.45) is 0. The van der Waals surface area contributed by atoms with Gasteiger partial charge in [0.2, 0.25) is 0 Å². The van der Waals surface area contributed by atoms with E-state index in [4.69, 9.17) is 0 Å². The minimum Gasteiger partial charge on any atom is -0.350 e. The zero-order valence-corrected chi connectivity index (χ0v) is 15.8. The van der Waals surface area contributed by atoms with E-state index in [2.05, 4.69) is 27.3 Å². The second-order valence-corrected chi connectivity index (χ2v) is 6.93. The van der Waals surface area contributed by atoms with Gasteiger partial charge in [-0.05, 0) is 51.7 Å². The van der Waals surface area contributed by atoms with Gasteiger partial charge in [0.1, 0.15) is 0 Å². The third kappa shape index (κ3) is 3.92. The maximum atomic E-state index is 12.9. The maximum Gasteiger partial charge on any atom is 0.252 e. The summed E-state index contributed by atoms with van der Waals surface area (Å²) in [6.45, 7) is 4.49. The number of aromatic nitrogens is 1. The fraction of sp³-hybridized carbons (Fsp3) is 0.273. The highest BCUT2D eigenvalue weighted by atomic mass is 16.1. The summed E-state index contributed by atoms with van der Waals surface area (Å²) in [7, 11) is 4.05. The topological polar surface area (TPSA) is 45.2 Å². The maximum absolute atomic E-state index is 12.9. The van der Waals surface area contributed by atoms with Crippen molar-refractivity contribution < 1.29 is 4.79 Å². The largest absolute Gasteiger partial charge is 0.350 e. The summed E-state index contributed by atoms with van der Waals surface area (Å²) in [4.78, 5) is 19.6. The van der Waals surface area contributed by atoms with Crippen LogP contribution in [0.25, 0.3) is 10.9 Å². The summed E-state index contributed by atoms with van der Waals surface area (Å²) in [5, 5.41) is 4.01. The minimum atomic E-state index is -0.0612. The Morgan fingerprint density at radius 3 is 2.50 bits per heavy atom. The summed E-state index contributed by atoms with van der Waals surface area (Å²) in [5.74, 6) is -0.0612. The second kappa shape index (κ2) is 7.67. The van der Waals surface area contributed by atoms with Crippen molar-refractivity contribution in [2.75, 3.05) is 20.6 Å². The van der Waals surface area contributed by atoms with E-state index < -0.39 is 0 Å². The molecule has 1 atom stereocenters. The van der Waals surface area contributed by atoms with Gasteiger partial charge in [-0.25, -0.2) is 0 Å². The molecule has 134 valence electrons. The van der Waals surface area contributed by atoms with Crippen molar-refractivity contribution in [2.45, 2.75) is 19.9 Å². The van der Waals surface area contributed by atoms with E-state index >= 15 is 0 Å². The Morgan fingerprint density at radius 1 is 1.08 bits per heavy atom. The fourth-order valence-electron chi connectivity index (χ4n) is 3.22. The second-order valence-electron chi connectivity index (χ2n) is 6.93. The highest BCUT2D eigenvalue weighted by molar-refractivity contribution is 6.06. The number of nitrogens with one attached hydrogen (secondary N) is 1. The predicted molar refractivity (Wildman–Crippen MR) is 106 cm³/mol. The van der Waals surface area contributed by atoms with Crippen molar-refractivity contribution in [3.63, 3.8) is 0 Å². The van der Waals surface area contributed by atoms with Crippen molar-refractivity contribution in [3.8, 4) is 0 Å². The number of hydrogen-bond acceptors (Lipinski definition) is 3. The number of amides is 1. The Morgan fingerprint density at radius 2 is 1.81 bits per heavy atom. The van der Waals surface area contributed by atoms with E-state index in [-0.39, 0.29) is 11.9 Å². The standard InChI is InChI=1S/C22H25N3O/c1-15-10-11-20-18(12-15)19(13-16(2)24-20)22(26)23-14-21(25(3)4)17-8-6-5-7-9-17/h5-13,21H,14H2,1-4H3,(H,23,26). The molecule has 0 aliphatic carbocycles. The Balaban J connectivity index is 1.86. The molecule has 1 amide bonds. The molecular formula is C22H25N3O. The van der Waals surface area contributed by atoms with Crippen LogP contribution >= 0.6 is 0 Å². The van der Waals surface area contributed by atoms with Crippen LogP contribution in [0.15, 0.2) is 54.6 Å². The number of carbonyl (C=O) groups excluding carboxylic acids is 1. The normalized spacial score (nSPS) is 12.3. The van der Waals surface area contributed by atoms with Crippen LogP contribution in [0.2, 0.25) is 0 Å². The van der Waals surface area contributed by atoms with Gasteiger partial charge in [0, 0.05) is 17.6 Å². The molecule has 3 aromatic rings. The van der Waals surface area contributed by atoms with Gasteiger partial charge in [0.15, 0.2) is 0 Å². The van der Waals surface area contributed by atoms with E-state index in [0.717, 1.165) is 22.2 Å². The number of aryl methyl sites for hydroxylation is 2. The van der Waals surface area contributed by atoms with Crippen LogP contribution in [0.5, 0.6) is 0 Å². The van der Waals surface area contributed by atoms with Gasteiger partial charge in [-0.2, -0.15) is 0 Å². The quantitative estimate of drug-likeness (QED) is 0.762. The van der Waals surface area contributed by atoms with E-state index in [1.54, 1.807) is 0 Å². The number of pyridine rings is 1. The van der Waals surface area contributed by atoms with Crippen molar-refractivity contribution in [2.24, 2.45) is 0 Å². The van der Waals surface area contributed by atoms with Gasteiger partial charge in [0.05, 0.1) is 17.1 Å². The molecule has 4 nitrogen and oxygen atoms in total. The van der Waals surface area contributed by atoms with Gasteiger partial charge < -0.3 is 10.2 Å². The highest BCUT2D eigenvalue weighted by Gasteiger charge is 2.17. The van der Waals surface area contributed by atoms with Gasteiger partial charge >= 0.3 is 0 Å². The molecule has 2 aromatic carbocycles. The van der Waals surface area contributed by atoms with Crippen LogP contribution in [0.1, 0.15) is 33.2 Å². The first kappa shape index (κ1) is 18.1. The monoisotopic (exact) mass is 347 g/mol. The van der Waals surface area contributed by atoms with E-state index in [1.807, 2.05) is 70.4 Å². The van der Waals surface area contributed by atoms with E-state index in [1.165, 1.54) is 5.56 Å². The van der Waals surface area contributed by atoms with Crippen LogP contribution in [0, 0.1) is 13.8 Å². The van der Waals surface area contributed by atoms with Gasteiger partial charge in [-0.3, -0.25) is 9.78 Å². The lowest BCUT2D eigenvalue weighted by molar-refractivity contribution is 0.0943. The van der Waals surface area contributed by atoms with Crippen molar-refractivity contribution in [1.29, 1.82) is 0 Å². The number of nitrogens with zero attached hydrogens (tertiary/aromatic N) is 2.